The van der Waals surface area contributed by atoms with Crippen LogP contribution in [-0.4, -0.2) is 125 Å². The van der Waals surface area contributed by atoms with Gasteiger partial charge in [-0.2, -0.15) is 0 Å². The molecule has 3 fully saturated rings. The molecule has 2 aromatic rings. The number of benzene rings is 1. The molecule has 2 amide bonds. The monoisotopic (exact) mass is 791 g/mol. The first-order valence-electron chi connectivity index (χ1n) is 16.4. The van der Waals surface area contributed by atoms with E-state index in [9.17, 15) is 49.2 Å². The zero-order chi connectivity index (χ0) is 38.6. The molecule has 1 aromatic carbocycles. The van der Waals surface area contributed by atoms with E-state index in [0.717, 1.165) is 23.5 Å². The van der Waals surface area contributed by atoms with E-state index in [0.29, 0.717) is 54.8 Å². The molecule has 0 radical (unpaired) electrons. The molecule has 282 valence electrons. The Morgan fingerprint density at radius 3 is 2.51 bits per heavy atom. The standard InChI is InChI=1S/C33H35ClN6O11S2/c1-32(2,30(49)50)51-38-22(18-12-53-31(35)37-18)20(42)9-17-27(46)39-23(29(47)48)15(11-52-28(17)39)10-40-7-5-33(14-40,6-8-40)13-36-26(45)24(43)16-3-4-19(41)25(44)21(16)34/h3-4,12,17,28H,5-11,13-14H2,1-2H3,(H6-,35,36,37,38,41,42,43,44,45,47,48,49,50)/p+1/t17-,28-,33?,40?/m1/s1. The van der Waals surface area contributed by atoms with Crippen LogP contribution < -0.4 is 11.1 Å². The highest BCUT2D eigenvalue weighted by Gasteiger charge is 2.58. The average molecular weight is 792 g/mol. The smallest absolute Gasteiger partial charge is 0.352 e. The summed E-state index contributed by atoms with van der Waals surface area (Å²) in [4.78, 5) is 87.3. The van der Waals surface area contributed by atoms with Crippen LogP contribution in [0.4, 0.5) is 5.13 Å². The predicted molar refractivity (Wildman–Crippen MR) is 190 cm³/mol. The zero-order valence-electron chi connectivity index (χ0n) is 28.5. The SMILES string of the molecule is CC(C)(O/N=C(\C(=O)C[C@@H]1C(=O)N2C(C(=O)O)=C(C[N+]34CCC(CNC(=O)C(=O)c5ccc(O)c(O)c5Cl)(CC3)C4)CS[C@H]12)c1csc(N)n1)C(=O)O. The molecule has 0 aliphatic carbocycles. The number of aliphatic carboxylic acids is 2. The number of aromatic hydroxyl groups is 2. The first kappa shape index (κ1) is 38.0. The van der Waals surface area contributed by atoms with E-state index >= 15 is 0 Å². The van der Waals surface area contributed by atoms with Crippen molar-refractivity contribution in [3.63, 3.8) is 0 Å². The first-order valence-corrected chi connectivity index (χ1v) is 18.7. The van der Waals surface area contributed by atoms with Gasteiger partial charge in [0.15, 0.2) is 28.1 Å². The number of carboxylic acids is 2. The van der Waals surface area contributed by atoms with Crippen molar-refractivity contribution in [3.8, 4) is 11.5 Å². The number of hydrogen-bond acceptors (Lipinski definition) is 14. The molecular weight excluding hydrogens is 756 g/mol. The zero-order valence-corrected chi connectivity index (χ0v) is 30.8. The number of rotatable bonds is 14. The molecule has 6 rings (SSSR count). The summed E-state index contributed by atoms with van der Waals surface area (Å²) in [7, 11) is 0. The number of phenols is 2. The number of nitrogens with two attached hydrogens (primary N) is 1. The minimum absolute atomic E-state index is 0.0569. The van der Waals surface area contributed by atoms with Crippen LogP contribution in [0.1, 0.15) is 49.2 Å². The number of amides is 2. The predicted octanol–water partition coefficient (Wildman–Crippen LogP) is 1.81. The highest BCUT2D eigenvalue weighted by molar-refractivity contribution is 8.00. The molecule has 7 N–H and O–H groups in total. The summed E-state index contributed by atoms with van der Waals surface area (Å²) in [6.07, 6.45) is 1.07. The van der Waals surface area contributed by atoms with Crippen molar-refractivity contribution in [2.45, 2.75) is 44.1 Å². The number of Topliss-reactive ketones (excluding diaryl/α,β-unsaturated/α-hetero) is 2. The van der Waals surface area contributed by atoms with Crippen molar-refractivity contribution in [2.24, 2.45) is 16.5 Å². The van der Waals surface area contributed by atoms with Gasteiger partial charge in [0.25, 0.3) is 11.7 Å². The maximum atomic E-state index is 13.5. The highest BCUT2D eigenvalue weighted by Crippen LogP contribution is 2.49. The average Bonchev–Trinajstić information content (AvgIpc) is 3.81. The second-order valence-electron chi connectivity index (χ2n) is 14.2. The quantitative estimate of drug-likeness (QED) is 0.0304. The Morgan fingerprint density at radius 2 is 1.89 bits per heavy atom. The molecule has 4 aliphatic heterocycles. The van der Waals surface area contributed by atoms with Gasteiger partial charge in [-0.25, -0.2) is 14.6 Å². The number of fused-ring (bicyclic) bond motifs is 3. The number of piperidine rings is 1. The lowest BCUT2D eigenvalue weighted by molar-refractivity contribution is -0.904. The number of quaternary nitrogens is 1. The number of anilines is 1. The lowest BCUT2D eigenvalue weighted by atomic mass is 9.84. The van der Waals surface area contributed by atoms with Gasteiger partial charge in [-0.3, -0.25) is 24.1 Å². The number of phenolic OH excluding ortho intramolecular Hbond substituents is 2. The fourth-order valence-electron chi connectivity index (χ4n) is 7.34. The molecule has 0 unspecified atom stereocenters. The van der Waals surface area contributed by atoms with Gasteiger partial charge in [0.1, 0.15) is 17.9 Å². The lowest BCUT2D eigenvalue weighted by Gasteiger charge is -2.50. The number of hydrogen-bond donors (Lipinski definition) is 6. The normalized spacial score (nSPS) is 25.2. The number of nitrogens with zero attached hydrogens (tertiary/aromatic N) is 4. The first-order chi connectivity index (χ1) is 24.9. The van der Waals surface area contributed by atoms with Crippen LogP contribution >= 0.6 is 34.7 Å². The number of nitrogens with one attached hydrogen (secondary N) is 1. The minimum atomic E-state index is -1.77. The molecular formula is C33H36ClN6O11S2+. The second kappa shape index (κ2) is 13.9. The number of carbonyl (C=O) groups excluding carboxylic acids is 4. The van der Waals surface area contributed by atoms with Gasteiger partial charge >= 0.3 is 11.9 Å². The van der Waals surface area contributed by atoms with Crippen LogP contribution in [0.2, 0.25) is 5.02 Å². The number of halogens is 1. The van der Waals surface area contributed by atoms with Crippen molar-refractivity contribution >= 4 is 80.9 Å². The number of carbonyl (C=O) groups is 6. The molecule has 3 saturated heterocycles. The van der Waals surface area contributed by atoms with E-state index in [1.54, 1.807) is 0 Å². The van der Waals surface area contributed by atoms with Crippen LogP contribution in [0.5, 0.6) is 11.5 Å². The van der Waals surface area contributed by atoms with Crippen LogP contribution in [0, 0.1) is 11.3 Å². The molecule has 4 aliphatic rings. The summed E-state index contributed by atoms with van der Waals surface area (Å²) >= 11 is 8.36. The van der Waals surface area contributed by atoms with Gasteiger partial charge in [-0.15, -0.1) is 23.1 Å². The molecule has 53 heavy (non-hydrogen) atoms. The highest BCUT2D eigenvalue weighted by atomic mass is 35.5. The molecule has 5 heterocycles. The number of oxime groups is 1. The van der Waals surface area contributed by atoms with Crippen molar-refractivity contribution in [1.29, 1.82) is 0 Å². The third-order valence-electron chi connectivity index (χ3n) is 10.3. The number of ketones is 2. The molecule has 2 bridgehead atoms. The molecule has 0 saturated carbocycles. The molecule has 0 spiro atoms. The van der Waals surface area contributed by atoms with E-state index in [4.69, 9.17) is 22.2 Å². The molecule has 20 heteroatoms. The Labute approximate surface area is 315 Å². The molecule has 2 atom stereocenters. The van der Waals surface area contributed by atoms with Crippen LogP contribution in [0.25, 0.3) is 0 Å². The number of carboxylic acid groups (broad SMARTS) is 2. The summed E-state index contributed by atoms with van der Waals surface area (Å²) in [5.74, 6) is -7.45. The Balaban J connectivity index is 1.12. The molecule has 17 nitrogen and oxygen atoms in total. The third-order valence-corrected chi connectivity index (χ3v) is 12.7. The summed E-state index contributed by atoms with van der Waals surface area (Å²) in [5.41, 5.74) is 3.61. The number of β-lactam (4-membered cyclic amide) rings is 1. The van der Waals surface area contributed by atoms with Crippen molar-refractivity contribution in [2.75, 3.05) is 44.2 Å². The van der Waals surface area contributed by atoms with Gasteiger partial charge in [0.2, 0.25) is 11.5 Å². The van der Waals surface area contributed by atoms with E-state index < -0.39 is 68.7 Å². The minimum Gasteiger partial charge on any atom is -0.504 e. The Kier molecular flexibility index (Phi) is 9.99. The van der Waals surface area contributed by atoms with E-state index in [-0.39, 0.29) is 46.2 Å². The largest absolute Gasteiger partial charge is 0.504 e. The maximum Gasteiger partial charge on any atom is 0.352 e. The summed E-state index contributed by atoms with van der Waals surface area (Å²) in [6, 6.07) is 2.22. The number of thioether (sulfide) groups is 1. The van der Waals surface area contributed by atoms with Crippen LogP contribution in [-0.2, 0) is 28.8 Å². The van der Waals surface area contributed by atoms with Crippen LogP contribution in [0.3, 0.4) is 0 Å². The van der Waals surface area contributed by atoms with Crippen molar-refractivity contribution in [1.82, 2.24) is 15.2 Å². The van der Waals surface area contributed by atoms with Gasteiger partial charge < -0.3 is 40.8 Å². The van der Waals surface area contributed by atoms with E-state index in [1.165, 1.54) is 35.9 Å². The van der Waals surface area contributed by atoms with Crippen molar-refractivity contribution < 1.29 is 58.5 Å². The Bertz CT molecular complexity index is 2010. The van der Waals surface area contributed by atoms with Gasteiger partial charge in [0, 0.05) is 47.9 Å². The van der Waals surface area contributed by atoms with Crippen molar-refractivity contribution in [3.05, 3.63) is 45.1 Å². The number of thiazole rings is 1. The van der Waals surface area contributed by atoms with Gasteiger partial charge in [0.05, 0.1) is 41.5 Å². The summed E-state index contributed by atoms with van der Waals surface area (Å²) in [6.45, 7) is 5.06. The summed E-state index contributed by atoms with van der Waals surface area (Å²) in [5, 5.41) is 46.2. The Hall–Kier alpha value is -4.72. The van der Waals surface area contributed by atoms with E-state index in [1.807, 2.05) is 0 Å². The fourth-order valence-corrected chi connectivity index (χ4v) is 9.53. The summed E-state index contributed by atoms with van der Waals surface area (Å²) < 4.78 is 0.548. The van der Waals surface area contributed by atoms with Crippen LogP contribution in [0.15, 0.2) is 33.9 Å². The topological polar surface area (TPSA) is 259 Å². The third kappa shape index (κ3) is 7.05. The Morgan fingerprint density at radius 1 is 1.19 bits per heavy atom. The fraction of sp³-hybridized carbons (Fsp3) is 0.455. The molecule has 1 aromatic heterocycles. The van der Waals surface area contributed by atoms with Gasteiger partial charge in [-0.1, -0.05) is 16.8 Å². The lowest BCUT2D eigenvalue weighted by Crippen LogP contribution is -2.62. The number of aromatic nitrogens is 1. The van der Waals surface area contributed by atoms with E-state index in [2.05, 4.69) is 15.5 Å². The second-order valence-corrected chi connectivity index (χ2v) is 16.6. The maximum absolute atomic E-state index is 13.5. The van der Waals surface area contributed by atoms with Gasteiger partial charge in [-0.05, 0) is 26.0 Å². The number of nitrogen functional groups attached to an aromatic ring is 1.